The molecule has 3 heterocycles. The fourth-order valence-corrected chi connectivity index (χ4v) is 2.94. The molecule has 2 saturated heterocycles. The van der Waals surface area contributed by atoms with Crippen molar-refractivity contribution < 1.29 is 9.32 Å². The number of fused-ring (bicyclic) bond motifs is 1. The number of carbonyl (C=O) groups is 1. The largest absolute Gasteiger partial charge is 0.361 e. The summed E-state index contributed by atoms with van der Waals surface area (Å²) in [6, 6.07) is 2.53. The molecule has 92 valence electrons. The molecule has 2 unspecified atom stereocenters. The van der Waals surface area contributed by atoms with Crippen LogP contribution in [0.5, 0.6) is 0 Å². The highest BCUT2D eigenvalue weighted by molar-refractivity contribution is 5.92. The molecule has 2 atom stereocenters. The molecule has 3 rings (SSSR count). The first-order valence-electron chi connectivity index (χ1n) is 6.23. The molecule has 0 saturated carbocycles. The van der Waals surface area contributed by atoms with Gasteiger partial charge in [-0.2, -0.15) is 0 Å². The van der Waals surface area contributed by atoms with Gasteiger partial charge in [0.25, 0.3) is 5.91 Å². The molecule has 2 fully saturated rings. The first kappa shape index (κ1) is 10.8. The minimum absolute atomic E-state index is 0.0141. The molecule has 0 spiro atoms. The lowest BCUT2D eigenvalue weighted by Gasteiger charge is -2.36. The van der Waals surface area contributed by atoms with Crippen molar-refractivity contribution in [2.45, 2.75) is 38.3 Å². The molecule has 17 heavy (non-hydrogen) atoms. The molecule has 0 bridgehead atoms. The Balaban J connectivity index is 1.81. The summed E-state index contributed by atoms with van der Waals surface area (Å²) in [5, 5.41) is 7.28. The van der Waals surface area contributed by atoms with Crippen LogP contribution < -0.4 is 5.32 Å². The maximum atomic E-state index is 12.3. The standard InChI is InChI=1S/C12H17N3O2/c1-8-7-10(14-17-8)12(16)15-6-2-3-9-11(15)4-5-13-9/h7,9,11,13H,2-6H2,1H3. The topological polar surface area (TPSA) is 58.4 Å². The number of amides is 1. The molecular formula is C12H17N3O2. The van der Waals surface area contributed by atoms with Gasteiger partial charge in [-0.3, -0.25) is 4.79 Å². The van der Waals surface area contributed by atoms with Crippen molar-refractivity contribution in [3.63, 3.8) is 0 Å². The summed E-state index contributed by atoms with van der Waals surface area (Å²) in [7, 11) is 0. The summed E-state index contributed by atoms with van der Waals surface area (Å²) in [5.41, 5.74) is 0.440. The van der Waals surface area contributed by atoms with Gasteiger partial charge in [-0.05, 0) is 32.7 Å². The highest BCUT2D eigenvalue weighted by atomic mass is 16.5. The number of aromatic nitrogens is 1. The molecule has 1 aromatic rings. The number of hydrogen-bond donors (Lipinski definition) is 1. The van der Waals surface area contributed by atoms with Crippen LogP contribution in [-0.4, -0.2) is 41.1 Å². The SMILES string of the molecule is Cc1cc(C(=O)N2CCCC3NCCC32)no1. The van der Waals surface area contributed by atoms with Gasteiger partial charge in [-0.25, -0.2) is 0 Å². The van der Waals surface area contributed by atoms with E-state index in [4.69, 9.17) is 4.52 Å². The monoisotopic (exact) mass is 235 g/mol. The number of carbonyl (C=O) groups excluding carboxylic acids is 1. The number of hydrogen-bond acceptors (Lipinski definition) is 4. The van der Waals surface area contributed by atoms with Crippen molar-refractivity contribution in [3.05, 3.63) is 17.5 Å². The second-order valence-electron chi connectivity index (χ2n) is 4.88. The summed E-state index contributed by atoms with van der Waals surface area (Å²) in [5.74, 6) is 0.701. The summed E-state index contributed by atoms with van der Waals surface area (Å²) < 4.78 is 4.97. The highest BCUT2D eigenvalue weighted by Crippen LogP contribution is 2.25. The summed E-state index contributed by atoms with van der Waals surface area (Å²) >= 11 is 0. The van der Waals surface area contributed by atoms with Gasteiger partial charge in [0, 0.05) is 24.7 Å². The van der Waals surface area contributed by atoms with Gasteiger partial charge in [0.2, 0.25) is 0 Å². The number of likely N-dealkylation sites (tertiary alicyclic amines) is 1. The summed E-state index contributed by atoms with van der Waals surface area (Å²) in [4.78, 5) is 14.3. The van der Waals surface area contributed by atoms with Gasteiger partial charge in [0.05, 0.1) is 0 Å². The Morgan fingerprint density at radius 3 is 3.24 bits per heavy atom. The molecular weight excluding hydrogens is 218 g/mol. The Labute approximate surface area is 100 Å². The van der Waals surface area contributed by atoms with Crippen LogP contribution in [0.4, 0.5) is 0 Å². The zero-order chi connectivity index (χ0) is 11.8. The Morgan fingerprint density at radius 2 is 2.47 bits per heavy atom. The summed E-state index contributed by atoms with van der Waals surface area (Å²) in [6.07, 6.45) is 3.29. The van der Waals surface area contributed by atoms with E-state index in [1.807, 2.05) is 4.90 Å². The van der Waals surface area contributed by atoms with E-state index in [9.17, 15) is 4.79 Å². The first-order chi connectivity index (χ1) is 8.25. The van der Waals surface area contributed by atoms with Crippen molar-refractivity contribution >= 4 is 5.91 Å². The molecule has 0 aliphatic carbocycles. The van der Waals surface area contributed by atoms with Gasteiger partial charge in [0.1, 0.15) is 5.76 Å². The second kappa shape index (κ2) is 4.14. The predicted molar refractivity (Wildman–Crippen MR) is 61.7 cm³/mol. The van der Waals surface area contributed by atoms with Crippen LogP contribution in [0, 0.1) is 6.92 Å². The van der Waals surface area contributed by atoms with Crippen molar-refractivity contribution in [1.82, 2.24) is 15.4 Å². The third-order valence-electron chi connectivity index (χ3n) is 3.73. The zero-order valence-electron chi connectivity index (χ0n) is 9.98. The third-order valence-corrected chi connectivity index (χ3v) is 3.73. The van der Waals surface area contributed by atoms with Crippen LogP contribution >= 0.6 is 0 Å². The maximum absolute atomic E-state index is 12.3. The first-order valence-corrected chi connectivity index (χ1v) is 6.23. The van der Waals surface area contributed by atoms with E-state index >= 15 is 0 Å². The van der Waals surface area contributed by atoms with Crippen LogP contribution in [-0.2, 0) is 0 Å². The Morgan fingerprint density at radius 1 is 1.59 bits per heavy atom. The van der Waals surface area contributed by atoms with Crippen molar-refractivity contribution in [2.24, 2.45) is 0 Å². The van der Waals surface area contributed by atoms with E-state index in [0.717, 1.165) is 25.9 Å². The number of piperidine rings is 1. The number of aryl methyl sites for hydroxylation is 1. The van der Waals surface area contributed by atoms with Crippen LogP contribution in [0.25, 0.3) is 0 Å². The third kappa shape index (κ3) is 1.84. The predicted octanol–water partition coefficient (Wildman–Crippen LogP) is 0.950. The minimum atomic E-state index is 0.0141. The highest BCUT2D eigenvalue weighted by Gasteiger charge is 2.38. The quantitative estimate of drug-likeness (QED) is 0.787. The molecule has 0 aromatic carbocycles. The lowest BCUT2D eigenvalue weighted by atomic mass is 9.97. The van der Waals surface area contributed by atoms with Gasteiger partial charge in [-0.15, -0.1) is 0 Å². The molecule has 1 N–H and O–H groups in total. The minimum Gasteiger partial charge on any atom is -0.361 e. The number of rotatable bonds is 1. The van der Waals surface area contributed by atoms with Crippen LogP contribution in [0.1, 0.15) is 35.5 Å². The molecule has 1 amide bonds. The van der Waals surface area contributed by atoms with E-state index in [0.29, 0.717) is 23.5 Å². The van der Waals surface area contributed by atoms with E-state index in [1.54, 1.807) is 13.0 Å². The number of nitrogens with zero attached hydrogens (tertiary/aromatic N) is 2. The van der Waals surface area contributed by atoms with Crippen LogP contribution in [0.2, 0.25) is 0 Å². The summed E-state index contributed by atoms with van der Waals surface area (Å²) in [6.45, 7) is 3.66. The van der Waals surface area contributed by atoms with Crippen LogP contribution in [0.15, 0.2) is 10.6 Å². The van der Waals surface area contributed by atoms with Crippen molar-refractivity contribution in [2.75, 3.05) is 13.1 Å². The average molecular weight is 235 g/mol. The Kier molecular flexibility index (Phi) is 2.63. The van der Waals surface area contributed by atoms with E-state index < -0.39 is 0 Å². The molecule has 1 aromatic heterocycles. The molecule has 0 radical (unpaired) electrons. The maximum Gasteiger partial charge on any atom is 0.276 e. The van der Waals surface area contributed by atoms with Crippen molar-refractivity contribution in [3.8, 4) is 0 Å². The fourth-order valence-electron chi connectivity index (χ4n) is 2.94. The number of nitrogens with one attached hydrogen (secondary N) is 1. The van der Waals surface area contributed by atoms with Crippen LogP contribution in [0.3, 0.4) is 0 Å². The molecule has 5 heteroatoms. The van der Waals surface area contributed by atoms with E-state index in [2.05, 4.69) is 10.5 Å². The van der Waals surface area contributed by atoms with Gasteiger partial charge < -0.3 is 14.7 Å². The lowest BCUT2D eigenvalue weighted by Crippen LogP contribution is -2.51. The Hall–Kier alpha value is -1.36. The Bertz CT molecular complexity index is 429. The van der Waals surface area contributed by atoms with Gasteiger partial charge in [-0.1, -0.05) is 5.16 Å². The molecule has 2 aliphatic heterocycles. The zero-order valence-corrected chi connectivity index (χ0v) is 9.98. The average Bonchev–Trinajstić information content (AvgIpc) is 2.95. The normalized spacial score (nSPS) is 28.2. The fraction of sp³-hybridized carbons (Fsp3) is 0.667. The van der Waals surface area contributed by atoms with Gasteiger partial charge >= 0.3 is 0 Å². The van der Waals surface area contributed by atoms with E-state index in [-0.39, 0.29) is 5.91 Å². The molecule has 5 nitrogen and oxygen atoms in total. The second-order valence-corrected chi connectivity index (χ2v) is 4.88. The van der Waals surface area contributed by atoms with E-state index in [1.165, 1.54) is 6.42 Å². The molecule has 2 aliphatic rings. The smallest absolute Gasteiger partial charge is 0.276 e. The van der Waals surface area contributed by atoms with Gasteiger partial charge in [0.15, 0.2) is 5.69 Å². The van der Waals surface area contributed by atoms with Crippen molar-refractivity contribution in [1.29, 1.82) is 0 Å². The lowest BCUT2D eigenvalue weighted by molar-refractivity contribution is 0.0589.